The molecule has 0 fully saturated rings. The molecule has 8 heteroatoms. The smallest absolute Gasteiger partial charge is 0.168 e. The minimum Gasteiger partial charge on any atom is -0.493 e. The predicted octanol–water partition coefficient (Wildman–Crippen LogP) is 4.95. The largest absolute Gasteiger partial charge is 0.493 e. The molecule has 0 saturated carbocycles. The second-order valence-corrected chi connectivity index (χ2v) is 8.01. The van der Waals surface area contributed by atoms with Crippen molar-refractivity contribution in [2.75, 3.05) is 14.2 Å². The van der Waals surface area contributed by atoms with Crippen molar-refractivity contribution in [2.24, 2.45) is 0 Å². The van der Waals surface area contributed by atoms with Crippen molar-refractivity contribution in [2.45, 2.75) is 20.3 Å². The first-order chi connectivity index (χ1) is 15.5. The Morgan fingerprint density at radius 1 is 0.969 bits per heavy atom. The quantitative estimate of drug-likeness (QED) is 0.381. The van der Waals surface area contributed by atoms with Crippen molar-refractivity contribution >= 4 is 28.3 Å². The lowest BCUT2D eigenvalue weighted by Gasteiger charge is -2.09. The summed E-state index contributed by atoms with van der Waals surface area (Å²) >= 11 is 6.50. The van der Waals surface area contributed by atoms with Crippen LogP contribution >= 0.6 is 11.6 Å². The number of para-hydroxylation sites is 1. The molecule has 0 bridgehead atoms. The number of hydrogen-bond donors (Lipinski definition) is 0. The molecular formula is C24H22ClN5O2. The van der Waals surface area contributed by atoms with Gasteiger partial charge in [0.05, 0.1) is 30.3 Å². The zero-order valence-corrected chi connectivity index (χ0v) is 19.0. The average Bonchev–Trinajstić information content (AvgIpc) is 3.32. The summed E-state index contributed by atoms with van der Waals surface area (Å²) in [5.41, 5.74) is 5.68. The Hall–Kier alpha value is -3.58. The zero-order valence-electron chi connectivity index (χ0n) is 18.3. The Morgan fingerprint density at radius 2 is 1.75 bits per heavy atom. The summed E-state index contributed by atoms with van der Waals surface area (Å²) in [6.45, 7) is 4.15. The van der Waals surface area contributed by atoms with Gasteiger partial charge in [-0.25, -0.2) is 14.5 Å². The van der Waals surface area contributed by atoms with Gasteiger partial charge in [-0.1, -0.05) is 29.8 Å². The van der Waals surface area contributed by atoms with Crippen LogP contribution in [-0.4, -0.2) is 38.4 Å². The molecule has 2 aromatic carbocycles. The molecule has 0 unspecified atom stereocenters. The molecule has 5 aromatic rings. The van der Waals surface area contributed by atoms with Crippen molar-refractivity contribution in [3.05, 3.63) is 76.5 Å². The fourth-order valence-corrected chi connectivity index (χ4v) is 4.30. The first-order valence-electron chi connectivity index (χ1n) is 10.2. The maximum absolute atomic E-state index is 6.50. The Bertz CT molecular complexity index is 1470. The molecule has 0 aliphatic rings. The third-order valence-corrected chi connectivity index (χ3v) is 6.10. The maximum Gasteiger partial charge on any atom is 0.168 e. The van der Waals surface area contributed by atoms with Gasteiger partial charge in [-0.05, 0) is 49.2 Å². The van der Waals surface area contributed by atoms with Crippen molar-refractivity contribution in [3.63, 3.8) is 0 Å². The van der Waals surface area contributed by atoms with Crippen molar-refractivity contribution in [3.8, 4) is 17.2 Å². The number of methoxy groups -OCH3 is 2. The second-order valence-electron chi connectivity index (χ2n) is 7.60. The minimum atomic E-state index is 0.562. The second kappa shape index (κ2) is 7.84. The third-order valence-electron chi connectivity index (χ3n) is 5.78. The van der Waals surface area contributed by atoms with Gasteiger partial charge < -0.3 is 9.47 Å². The summed E-state index contributed by atoms with van der Waals surface area (Å²) < 4.78 is 14.6. The molecule has 0 aliphatic heterocycles. The van der Waals surface area contributed by atoms with Crippen LogP contribution in [0.4, 0.5) is 0 Å². The zero-order chi connectivity index (χ0) is 22.4. The normalized spacial score (nSPS) is 11.4. The van der Waals surface area contributed by atoms with Gasteiger partial charge in [0.1, 0.15) is 6.33 Å². The lowest BCUT2D eigenvalue weighted by atomic mass is 10.1. The Kier molecular flexibility index (Phi) is 4.98. The van der Waals surface area contributed by atoms with E-state index < -0.39 is 0 Å². The number of aryl methyl sites for hydroxylation is 1. The Labute approximate surface area is 190 Å². The summed E-state index contributed by atoms with van der Waals surface area (Å²) in [5, 5.41) is 6.30. The van der Waals surface area contributed by atoms with E-state index in [4.69, 9.17) is 31.0 Å². The van der Waals surface area contributed by atoms with Gasteiger partial charge in [0, 0.05) is 12.1 Å². The highest BCUT2D eigenvalue weighted by Gasteiger charge is 2.20. The summed E-state index contributed by atoms with van der Waals surface area (Å²) in [5.74, 6) is 2.08. The number of fused-ring (bicyclic) bond motifs is 3. The van der Waals surface area contributed by atoms with Crippen LogP contribution in [0.2, 0.25) is 5.02 Å². The monoisotopic (exact) mass is 447 g/mol. The van der Waals surface area contributed by atoms with Crippen LogP contribution in [0.15, 0.2) is 48.8 Å². The van der Waals surface area contributed by atoms with Gasteiger partial charge in [0.25, 0.3) is 0 Å². The van der Waals surface area contributed by atoms with E-state index in [9.17, 15) is 0 Å². The molecule has 0 N–H and O–H groups in total. The lowest BCUT2D eigenvalue weighted by molar-refractivity contribution is 0.354. The molecule has 7 nitrogen and oxygen atoms in total. The first-order valence-corrected chi connectivity index (χ1v) is 10.6. The van der Waals surface area contributed by atoms with E-state index in [1.54, 1.807) is 25.1 Å². The highest BCUT2D eigenvalue weighted by Crippen LogP contribution is 2.33. The average molecular weight is 448 g/mol. The fraction of sp³-hybridized carbons (Fsp3) is 0.208. The number of hydrogen-bond acceptors (Lipinski definition) is 5. The van der Waals surface area contributed by atoms with E-state index in [1.807, 2.05) is 42.5 Å². The van der Waals surface area contributed by atoms with E-state index in [-0.39, 0.29) is 0 Å². The van der Waals surface area contributed by atoms with Crippen LogP contribution in [0.5, 0.6) is 11.5 Å². The standard InChI is InChI=1S/C24H22ClN5O2/c1-14-15(2)30(18-8-6-5-7-17(18)25)23-22(14)24-27-21(28-29(24)13-26-23)12-16-9-10-19(31-3)20(11-16)32-4/h5-11,13H,12H2,1-4H3. The number of halogens is 1. The molecule has 0 aliphatic carbocycles. The van der Waals surface area contributed by atoms with Gasteiger partial charge in [0.2, 0.25) is 0 Å². The maximum atomic E-state index is 6.50. The SMILES string of the molecule is COc1ccc(Cc2nc3c4c(C)c(C)n(-c5ccccc5Cl)c4ncn3n2)cc1OC. The van der Waals surface area contributed by atoms with Gasteiger partial charge in [-0.2, -0.15) is 0 Å². The fourth-order valence-electron chi connectivity index (χ4n) is 4.08. The van der Waals surface area contributed by atoms with Gasteiger partial charge in [-0.3, -0.25) is 4.57 Å². The summed E-state index contributed by atoms with van der Waals surface area (Å²) in [6, 6.07) is 13.6. The first kappa shape index (κ1) is 20.3. The van der Waals surface area contributed by atoms with Crippen LogP contribution in [0, 0.1) is 13.8 Å². The summed E-state index contributed by atoms with van der Waals surface area (Å²) in [7, 11) is 3.25. The third kappa shape index (κ3) is 3.17. The number of nitrogens with zero attached hydrogens (tertiary/aromatic N) is 5. The lowest BCUT2D eigenvalue weighted by Crippen LogP contribution is -2.00. The van der Waals surface area contributed by atoms with Crippen molar-refractivity contribution < 1.29 is 9.47 Å². The van der Waals surface area contributed by atoms with Gasteiger partial charge >= 0.3 is 0 Å². The number of ether oxygens (including phenoxy) is 2. The molecule has 0 saturated heterocycles. The van der Waals surface area contributed by atoms with Crippen LogP contribution in [0.25, 0.3) is 22.4 Å². The molecule has 0 amide bonds. The molecular weight excluding hydrogens is 426 g/mol. The molecule has 32 heavy (non-hydrogen) atoms. The minimum absolute atomic E-state index is 0.562. The number of aromatic nitrogens is 5. The van der Waals surface area contributed by atoms with E-state index in [2.05, 4.69) is 23.5 Å². The highest BCUT2D eigenvalue weighted by molar-refractivity contribution is 6.32. The van der Waals surface area contributed by atoms with Crippen LogP contribution in [0.3, 0.4) is 0 Å². The van der Waals surface area contributed by atoms with E-state index in [0.29, 0.717) is 28.8 Å². The van der Waals surface area contributed by atoms with Gasteiger partial charge in [0.15, 0.2) is 28.6 Å². The van der Waals surface area contributed by atoms with Crippen LogP contribution < -0.4 is 9.47 Å². The summed E-state index contributed by atoms with van der Waals surface area (Å²) in [4.78, 5) is 9.57. The van der Waals surface area contributed by atoms with Crippen LogP contribution in [-0.2, 0) is 6.42 Å². The number of rotatable bonds is 5. The predicted molar refractivity (Wildman–Crippen MR) is 124 cm³/mol. The summed E-state index contributed by atoms with van der Waals surface area (Å²) in [6.07, 6.45) is 2.27. The Morgan fingerprint density at radius 3 is 2.50 bits per heavy atom. The van der Waals surface area contributed by atoms with Crippen molar-refractivity contribution in [1.82, 2.24) is 24.1 Å². The van der Waals surface area contributed by atoms with Crippen LogP contribution in [0.1, 0.15) is 22.6 Å². The molecule has 3 heterocycles. The molecule has 5 rings (SSSR count). The molecule has 0 radical (unpaired) electrons. The number of benzene rings is 2. The molecule has 0 spiro atoms. The van der Waals surface area contributed by atoms with Gasteiger partial charge in [-0.15, -0.1) is 5.10 Å². The topological polar surface area (TPSA) is 66.5 Å². The van der Waals surface area contributed by atoms with E-state index in [1.165, 1.54) is 0 Å². The molecule has 0 atom stereocenters. The Balaban J connectivity index is 1.63. The highest BCUT2D eigenvalue weighted by atomic mass is 35.5. The van der Waals surface area contributed by atoms with E-state index in [0.717, 1.165) is 39.2 Å². The molecule has 162 valence electrons. The van der Waals surface area contributed by atoms with Crippen molar-refractivity contribution in [1.29, 1.82) is 0 Å². The molecule has 3 aromatic heterocycles. The van der Waals surface area contributed by atoms with E-state index >= 15 is 0 Å².